The first-order chi connectivity index (χ1) is 5.34. The van der Waals surface area contributed by atoms with Crippen molar-refractivity contribution in [3.63, 3.8) is 0 Å². The number of hydrogen-bond acceptors (Lipinski definition) is 2. The maximum absolute atomic E-state index is 11.0. The number of aromatic amines is 1. The highest BCUT2D eigenvalue weighted by Crippen LogP contribution is 1.92. The fourth-order valence-electron chi connectivity index (χ4n) is 0.746. The monoisotopic (exact) mass is 167 g/mol. The zero-order chi connectivity index (χ0) is 8.10. The van der Waals surface area contributed by atoms with Crippen molar-refractivity contribution in [2.45, 2.75) is 0 Å². The highest BCUT2D eigenvalue weighted by atomic mass is 32.1. The summed E-state index contributed by atoms with van der Waals surface area (Å²) in [5.74, 6) is 0.647. The number of rotatable bonds is 2. The van der Waals surface area contributed by atoms with E-state index in [1.807, 2.05) is 6.08 Å². The standard InChI is InChI=1S/C8H9NOS/c10-8-7(4-2-6-11)3-1-5-9-8/h1-5,11H,6H2,(H,9,10). The van der Waals surface area contributed by atoms with E-state index in [9.17, 15) is 4.79 Å². The number of hydrogen-bond donors (Lipinski definition) is 2. The average Bonchev–Trinajstić information content (AvgIpc) is 2.03. The lowest BCUT2D eigenvalue weighted by atomic mass is 10.2. The Kier molecular flexibility index (Phi) is 2.98. The molecule has 0 aliphatic rings. The molecule has 1 aromatic heterocycles. The van der Waals surface area contributed by atoms with Gasteiger partial charge in [0.25, 0.3) is 5.56 Å². The lowest BCUT2D eigenvalue weighted by molar-refractivity contribution is 1.23. The molecular weight excluding hydrogens is 158 g/mol. The Morgan fingerprint density at radius 3 is 3.09 bits per heavy atom. The van der Waals surface area contributed by atoms with E-state index in [0.717, 1.165) is 0 Å². The van der Waals surface area contributed by atoms with Crippen LogP contribution in [0.15, 0.2) is 29.2 Å². The second-order valence-corrected chi connectivity index (χ2v) is 2.40. The van der Waals surface area contributed by atoms with Crippen LogP contribution in [-0.2, 0) is 0 Å². The normalized spacial score (nSPS) is 10.6. The van der Waals surface area contributed by atoms with Gasteiger partial charge in [-0.2, -0.15) is 12.6 Å². The molecule has 2 nitrogen and oxygen atoms in total. The van der Waals surface area contributed by atoms with Crippen molar-refractivity contribution in [1.29, 1.82) is 0 Å². The first kappa shape index (κ1) is 8.14. The molecule has 0 saturated heterocycles. The zero-order valence-corrected chi connectivity index (χ0v) is 6.84. The predicted octanol–water partition coefficient (Wildman–Crippen LogP) is 1.32. The van der Waals surface area contributed by atoms with Crippen molar-refractivity contribution in [3.8, 4) is 0 Å². The molecule has 0 aliphatic heterocycles. The molecule has 0 amide bonds. The van der Waals surface area contributed by atoms with E-state index in [4.69, 9.17) is 0 Å². The molecule has 1 aromatic rings. The number of H-pyrrole nitrogens is 1. The summed E-state index contributed by atoms with van der Waals surface area (Å²) in [6, 6.07) is 3.55. The summed E-state index contributed by atoms with van der Waals surface area (Å²) in [4.78, 5) is 13.6. The van der Waals surface area contributed by atoms with Gasteiger partial charge in [0, 0.05) is 17.5 Å². The van der Waals surface area contributed by atoms with Crippen LogP contribution in [0.25, 0.3) is 6.08 Å². The minimum atomic E-state index is -0.0643. The van der Waals surface area contributed by atoms with Crippen molar-refractivity contribution in [3.05, 3.63) is 40.3 Å². The molecule has 11 heavy (non-hydrogen) atoms. The van der Waals surface area contributed by atoms with E-state index in [1.165, 1.54) is 0 Å². The molecule has 0 radical (unpaired) electrons. The predicted molar refractivity (Wildman–Crippen MR) is 49.9 cm³/mol. The van der Waals surface area contributed by atoms with Gasteiger partial charge in [0.05, 0.1) is 0 Å². The molecule has 0 aromatic carbocycles. The SMILES string of the molecule is O=c1[nH]cccc1C=CCS. The molecular formula is C8H9NOS. The topological polar surface area (TPSA) is 32.9 Å². The molecule has 1 heterocycles. The second-order valence-electron chi connectivity index (χ2n) is 2.04. The highest BCUT2D eigenvalue weighted by Gasteiger charge is 1.89. The van der Waals surface area contributed by atoms with Crippen LogP contribution in [0.4, 0.5) is 0 Å². The third kappa shape index (κ3) is 2.27. The maximum Gasteiger partial charge on any atom is 0.255 e. The number of pyridine rings is 1. The summed E-state index contributed by atoms with van der Waals surface area (Å²) in [6.45, 7) is 0. The molecule has 1 N–H and O–H groups in total. The third-order valence-corrected chi connectivity index (χ3v) is 1.46. The summed E-state index contributed by atoms with van der Waals surface area (Å²) in [5, 5.41) is 0. The molecule has 0 fully saturated rings. The lowest BCUT2D eigenvalue weighted by Gasteiger charge is -1.88. The van der Waals surface area contributed by atoms with E-state index in [0.29, 0.717) is 11.3 Å². The average molecular weight is 167 g/mol. The van der Waals surface area contributed by atoms with E-state index in [-0.39, 0.29) is 5.56 Å². The van der Waals surface area contributed by atoms with Gasteiger partial charge in [-0.3, -0.25) is 4.79 Å². The Bertz CT molecular complexity index is 303. The Labute approximate surface area is 70.4 Å². The van der Waals surface area contributed by atoms with Gasteiger partial charge < -0.3 is 4.98 Å². The summed E-state index contributed by atoms with van der Waals surface area (Å²) in [5.41, 5.74) is 0.604. The minimum Gasteiger partial charge on any atom is -0.329 e. The van der Waals surface area contributed by atoms with Gasteiger partial charge in [-0.15, -0.1) is 0 Å². The van der Waals surface area contributed by atoms with E-state index >= 15 is 0 Å². The first-order valence-corrected chi connectivity index (χ1v) is 3.93. The van der Waals surface area contributed by atoms with Gasteiger partial charge >= 0.3 is 0 Å². The van der Waals surface area contributed by atoms with Gasteiger partial charge in [0.2, 0.25) is 0 Å². The lowest BCUT2D eigenvalue weighted by Crippen LogP contribution is -2.06. The smallest absolute Gasteiger partial charge is 0.255 e. The van der Waals surface area contributed by atoms with Gasteiger partial charge in [0.15, 0.2) is 0 Å². The van der Waals surface area contributed by atoms with Crippen LogP contribution < -0.4 is 5.56 Å². The van der Waals surface area contributed by atoms with Crippen LogP contribution in [0.1, 0.15) is 5.56 Å². The van der Waals surface area contributed by atoms with Crippen molar-refractivity contribution in [1.82, 2.24) is 4.98 Å². The summed E-state index contributed by atoms with van der Waals surface area (Å²) >= 11 is 3.99. The Hall–Kier alpha value is -0.960. The molecule has 58 valence electrons. The molecule has 0 unspecified atom stereocenters. The Balaban J connectivity index is 2.95. The largest absolute Gasteiger partial charge is 0.329 e. The zero-order valence-electron chi connectivity index (χ0n) is 5.95. The number of nitrogens with one attached hydrogen (secondary N) is 1. The van der Waals surface area contributed by atoms with Crippen molar-refractivity contribution in [2.75, 3.05) is 5.75 Å². The van der Waals surface area contributed by atoms with Crippen LogP contribution in [-0.4, -0.2) is 10.7 Å². The van der Waals surface area contributed by atoms with E-state index < -0.39 is 0 Å². The van der Waals surface area contributed by atoms with Gasteiger partial charge in [-0.25, -0.2) is 0 Å². The van der Waals surface area contributed by atoms with Crippen LogP contribution in [0.5, 0.6) is 0 Å². The van der Waals surface area contributed by atoms with Gasteiger partial charge in [-0.1, -0.05) is 12.2 Å². The van der Waals surface area contributed by atoms with Crippen molar-refractivity contribution >= 4 is 18.7 Å². The quantitative estimate of drug-likeness (QED) is 0.640. The van der Waals surface area contributed by atoms with E-state index in [2.05, 4.69) is 17.6 Å². The molecule has 0 atom stereocenters. The van der Waals surface area contributed by atoms with Crippen molar-refractivity contribution in [2.24, 2.45) is 0 Å². The third-order valence-electron chi connectivity index (χ3n) is 1.25. The molecule has 0 aliphatic carbocycles. The summed E-state index contributed by atoms with van der Waals surface area (Å²) in [6.07, 6.45) is 5.19. The fourth-order valence-corrected chi connectivity index (χ4v) is 0.851. The molecule has 3 heteroatoms. The summed E-state index contributed by atoms with van der Waals surface area (Å²) < 4.78 is 0. The molecule has 0 bridgehead atoms. The number of aromatic nitrogens is 1. The Morgan fingerprint density at radius 2 is 2.45 bits per heavy atom. The molecule has 0 spiro atoms. The molecule has 0 saturated carbocycles. The van der Waals surface area contributed by atoms with Crippen LogP contribution in [0, 0.1) is 0 Å². The van der Waals surface area contributed by atoms with Crippen LogP contribution in [0.2, 0.25) is 0 Å². The molecule has 1 rings (SSSR count). The van der Waals surface area contributed by atoms with Gasteiger partial charge in [-0.05, 0) is 12.1 Å². The minimum absolute atomic E-state index is 0.0643. The van der Waals surface area contributed by atoms with Gasteiger partial charge in [0.1, 0.15) is 0 Å². The second kappa shape index (κ2) is 4.03. The highest BCUT2D eigenvalue weighted by molar-refractivity contribution is 7.80. The maximum atomic E-state index is 11.0. The number of thiol groups is 1. The van der Waals surface area contributed by atoms with Crippen molar-refractivity contribution < 1.29 is 0 Å². The summed E-state index contributed by atoms with van der Waals surface area (Å²) in [7, 11) is 0. The fraction of sp³-hybridized carbons (Fsp3) is 0.125. The first-order valence-electron chi connectivity index (χ1n) is 3.29. The van der Waals surface area contributed by atoms with Crippen LogP contribution >= 0.6 is 12.6 Å². The Morgan fingerprint density at radius 1 is 1.64 bits per heavy atom. The van der Waals surface area contributed by atoms with E-state index in [1.54, 1.807) is 24.4 Å². The van der Waals surface area contributed by atoms with Crippen LogP contribution in [0.3, 0.4) is 0 Å².